The van der Waals surface area contributed by atoms with Crippen LogP contribution < -0.4 is 20.7 Å². The molecule has 8 heteroatoms. The maximum atomic E-state index is 5.50. The third-order valence-corrected chi connectivity index (χ3v) is 4.62. The molecule has 0 spiro atoms. The van der Waals surface area contributed by atoms with Gasteiger partial charge in [-0.1, -0.05) is 30.3 Å². The first-order chi connectivity index (χ1) is 14.9. The second-order valence-corrected chi connectivity index (χ2v) is 7.41. The van der Waals surface area contributed by atoms with Gasteiger partial charge in [-0.15, -0.1) is 0 Å². The predicted octanol–water partition coefficient (Wildman–Crippen LogP) is 4.37. The normalized spacial score (nSPS) is 11.0. The van der Waals surface area contributed by atoms with Gasteiger partial charge in [-0.05, 0) is 68.4 Å². The SMILES string of the molecule is COc1ccc(CN=C(NC(=S)Nc2ccccc2C)Nc2nc(C)cc(C)n2)cc1. The van der Waals surface area contributed by atoms with Gasteiger partial charge in [0, 0.05) is 17.1 Å². The molecule has 0 saturated heterocycles. The molecule has 0 aliphatic carbocycles. The van der Waals surface area contributed by atoms with E-state index in [0.29, 0.717) is 23.6 Å². The van der Waals surface area contributed by atoms with Crippen molar-refractivity contribution in [2.75, 3.05) is 17.7 Å². The summed E-state index contributed by atoms with van der Waals surface area (Å²) >= 11 is 5.50. The van der Waals surface area contributed by atoms with Gasteiger partial charge < -0.3 is 15.4 Å². The van der Waals surface area contributed by atoms with Crippen LogP contribution in [0.3, 0.4) is 0 Å². The van der Waals surface area contributed by atoms with Crippen LogP contribution in [-0.4, -0.2) is 28.1 Å². The summed E-state index contributed by atoms with van der Waals surface area (Å²) in [6.07, 6.45) is 0. The zero-order valence-electron chi connectivity index (χ0n) is 18.1. The fraction of sp³-hybridized carbons (Fsp3) is 0.217. The maximum absolute atomic E-state index is 5.50. The Bertz CT molecular complexity index is 1060. The van der Waals surface area contributed by atoms with Gasteiger partial charge >= 0.3 is 0 Å². The molecule has 0 bridgehead atoms. The van der Waals surface area contributed by atoms with Crippen LogP contribution in [0, 0.1) is 20.8 Å². The highest BCUT2D eigenvalue weighted by Gasteiger charge is 2.08. The Morgan fingerprint density at radius 2 is 1.65 bits per heavy atom. The number of methoxy groups -OCH3 is 1. The van der Waals surface area contributed by atoms with Gasteiger partial charge in [0.25, 0.3) is 0 Å². The van der Waals surface area contributed by atoms with Crippen LogP contribution in [0.4, 0.5) is 11.6 Å². The first kappa shape index (κ1) is 22.2. The first-order valence-electron chi connectivity index (χ1n) is 9.83. The van der Waals surface area contributed by atoms with Crippen LogP contribution in [-0.2, 0) is 6.54 Å². The summed E-state index contributed by atoms with van der Waals surface area (Å²) in [4.78, 5) is 13.5. The van der Waals surface area contributed by atoms with Crippen molar-refractivity contribution < 1.29 is 4.74 Å². The molecule has 7 nitrogen and oxygen atoms in total. The molecule has 0 saturated carbocycles. The molecule has 2 aromatic carbocycles. The average Bonchev–Trinajstić information content (AvgIpc) is 2.73. The lowest BCUT2D eigenvalue weighted by Crippen LogP contribution is -2.39. The van der Waals surface area contributed by atoms with Crippen molar-refractivity contribution in [3.05, 3.63) is 77.1 Å². The van der Waals surface area contributed by atoms with Crippen molar-refractivity contribution in [2.45, 2.75) is 27.3 Å². The van der Waals surface area contributed by atoms with Crippen LogP contribution in [0.5, 0.6) is 5.75 Å². The monoisotopic (exact) mass is 434 g/mol. The predicted molar refractivity (Wildman–Crippen MR) is 130 cm³/mol. The number of para-hydroxylation sites is 1. The highest BCUT2D eigenvalue weighted by Crippen LogP contribution is 2.14. The van der Waals surface area contributed by atoms with E-state index < -0.39 is 0 Å². The average molecular weight is 435 g/mol. The van der Waals surface area contributed by atoms with E-state index in [1.165, 1.54) is 0 Å². The van der Waals surface area contributed by atoms with E-state index in [-0.39, 0.29) is 0 Å². The molecule has 160 valence electrons. The summed E-state index contributed by atoms with van der Waals surface area (Å²) in [7, 11) is 1.64. The first-order valence-corrected chi connectivity index (χ1v) is 10.2. The number of nitrogens with zero attached hydrogens (tertiary/aromatic N) is 3. The van der Waals surface area contributed by atoms with Gasteiger partial charge in [-0.2, -0.15) is 0 Å². The van der Waals surface area contributed by atoms with Gasteiger partial charge in [0.1, 0.15) is 5.75 Å². The maximum Gasteiger partial charge on any atom is 0.229 e. The number of hydrogen-bond acceptors (Lipinski definition) is 5. The molecule has 0 aliphatic rings. The Hall–Kier alpha value is -3.52. The minimum Gasteiger partial charge on any atom is -0.497 e. The van der Waals surface area contributed by atoms with E-state index in [9.17, 15) is 0 Å². The third-order valence-electron chi connectivity index (χ3n) is 4.42. The van der Waals surface area contributed by atoms with Crippen molar-refractivity contribution in [3.8, 4) is 5.75 Å². The van der Waals surface area contributed by atoms with E-state index in [0.717, 1.165) is 34.0 Å². The second kappa shape index (κ2) is 10.5. The summed E-state index contributed by atoms with van der Waals surface area (Å²) in [5, 5.41) is 9.90. The molecule has 0 aliphatic heterocycles. The van der Waals surface area contributed by atoms with Gasteiger partial charge in [0.05, 0.1) is 13.7 Å². The molecule has 0 radical (unpaired) electrons. The number of ether oxygens (including phenoxy) is 1. The van der Waals surface area contributed by atoms with Crippen molar-refractivity contribution in [1.29, 1.82) is 0 Å². The van der Waals surface area contributed by atoms with Crippen LogP contribution >= 0.6 is 12.2 Å². The smallest absolute Gasteiger partial charge is 0.229 e. The molecular weight excluding hydrogens is 408 g/mol. The Labute approximate surface area is 188 Å². The number of aryl methyl sites for hydroxylation is 3. The minimum atomic E-state index is 0.416. The topological polar surface area (TPSA) is 83.5 Å². The summed E-state index contributed by atoms with van der Waals surface area (Å²) in [6.45, 7) is 6.31. The number of aromatic nitrogens is 2. The van der Waals surface area contributed by atoms with Crippen LogP contribution in [0.25, 0.3) is 0 Å². The molecule has 0 unspecified atom stereocenters. The lowest BCUT2D eigenvalue weighted by atomic mass is 10.2. The summed E-state index contributed by atoms with van der Waals surface area (Å²) in [5.41, 5.74) is 4.78. The van der Waals surface area contributed by atoms with Crippen LogP contribution in [0.15, 0.2) is 59.6 Å². The van der Waals surface area contributed by atoms with Gasteiger partial charge in [0.2, 0.25) is 11.9 Å². The number of guanidine groups is 1. The van der Waals surface area contributed by atoms with Crippen LogP contribution in [0.2, 0.25) is 0 Å². The van der Waals surface area contributed by atoms with E-state index in [1.807, 2.05) is 75.4 Å². The number of nitrogens with one attached hydrogen (secondary N) is 3. The number of hydrogen-bond donors (Lipinski definition) is 3. The van der Waals surface area contributed by atoms with E-state index in [4.69, 9.17) is 17.0 Å². The Kier molecular flexibility index (Phi) is 7.50. The number of rotatable bonds is 5. The van der Waals surface area contributed by atoms with Gasteiger partial charge in [0.15, 0.2) is 5.11 Å². The lowest BCUT2D eigenvalue weighted by molar-refractivity contribution is 0.414. The highest BCUT2D eigenvalue weighted by molar-refractivity contribution is 7.80. The third kappa shape index (κ3) is 6.75. The Balaban J connectivity index is 1.78. The van der Waals surface area contributed by atoms with E-state index >= 15 is 0 Å². The molecule has 3 aromatic rings. The molecule has 1 aromatic heterocycles. The Morgan fingerprint density at radius 1 is 0.968 bits per heavy atom. The number of anilines is 2. The summed E-state index contributed by atoms with van der Waals surface area (Å²) in [5.74, 6) is 1.71. The number of benzene rings is 2. The molecule has 0 fully saturated rings. The van der Waals surface area contributed by atoms with Crippen molar-refractivity contribution in [2.24, 2.45) is 4.99 Å². The summed E-state index contributed by atoms with van der Waals surface area (Å²) in [6, 6.07) is 17.6. The highest BCUT2D eigenvalue weighted by atomic mass is 32.1. The molecule has 31 heavy (non-hydrogen) atoms. The van der Waals surface area contributed by atoms with Gasteiger partial charge in [-0.3, -0.25) is 5.32 Å². The van der Waals surface area contributed by atoms with E-state index in [2.05, 4.69) is 30.9 Å². The summed E-state index contributed by atoms with van der Waals surface area (Å²) < 4.78 is 5.21. The standard InChI is InChI=1S/C23H26N6OS/c1-15-7-5-6-8-20(15)27-23(31)29-21(28-22-25-16(2)13-17(3)26-22)24-14-18-9-11-19(30-4)12-10-18/h5-13H,14H2,1-4H3,(H3,24,25,26,27,28,29,31). The lowest BCUT2D eigenvalue weighted by Gasteiger charge is -2.15. The molecular formula is C23H26N6OS. The molecule has 3 rings (SSSR count). The van der Waals surface area contributed by atoms with Crippen molar-refractivity contribution >= 4 is 34.9 Å². The molecule has 0 atom stereocenters. The zero-order valence-corrected chi connectivity index (χ0v) is 18.9. The fourth-order valence-corrected chi connectivity index (χ4v) is 3.08. The quantitative estimate of drug-likeness (QED) is 0.312. The van der Waals surface area contributed by atoms with E-state index in [1.54, 1.807) is 7.11 Å². The fourth-order valence-electron chi connectivity index (χ4n) is 2.87. The number of thiocarbonyl (C=S) groups is 1. The van der Waals surface area contributed by atoms with Crippen molar-refractivity contribution in [1.82, 2.24) is 15.3 Å². The molecule has 0 amide bonds. The Morgan fingerprint density at radius 3 is 2.29 bits per heavy atom. The second-order valence-electron chi connectivity index (χ2n) is 7.01. The van der Waals surface area contributed by atoms with Gasteiger partial charge in [-0.25, -0.2) is 15.0 Å². The van der Waals surface area contributed by atoms with Crippen molar-refractivity contribution in [3.63, 3.8) is 0 Å². The van der Waals surface area contributed by atoms with Crippen LogP contribution in [0.1, 0.15) is 22.5 Å². The molecule has 1 heterocycles. The number of aliphatic imine (C=N–C) groups is 1. The largest absolute Gasteiger partial charge is 0.497 e. The molecule has 3 N–H and O–H groups in total. The minimum absolute atomic E-state index is 0.416. The zero-order chi connectivity index (χ0) is 22.2.